The van der Waals surface area contributed by atoms with Crippen LogP contribution in [0.5, 0.6) is 5.75 Å². The van der Waals surface area contributed by atoms with Crippen molar-refractivity contribution in [3.8, 4) is 5.75 Å². The van der Waals surface area contributed by atoms with Crippen LogP contribution in [0.1, 0.15) is 32.1 Å². The highest BCUT2D eigenvalue weighted by Crippen LogP contribution is 2.37. The first-order valence-electron chi connectivity index (χ1n) is 6.06. The topological polar surface area (TPSA) is 21.3 Å². The molecule has 1 fully saturated rings. The lowest BCUT2D eigenvalue weighted by Crippen LogP contribution is -2.40. The van der Waals surface area contributed by atoms with Crippen molar-refractivity contribution in [3.05, 3.63) is 23.2 Å². The highest BCUT2D eigenvalue weighted by Gasteiger charge is 2.30. The fourth-order valence-corrected chi connectivity index (χ4v) is 2.82. The van der Waals surface area contributed by atoms with Crippen molar-refractivity contribution >= 4 is 17.3 Å². The van der Waals surface area contributed by atoms with Gasteiger partial charge < -0.3 is 10.1 Å². The minimum atomic E-state index is 0.327. The number of hydrogen-bond acceptors (Lipinski definition) is 2. The first-order chi connectivity index (χ1) is 7.83. The Morgan fingerprint density at radius 2 is 2.06 bits per heavy atom. The summed E-state index contributed by atoms with van der Waals surface area (Å²) in [5, 5.41) is 4.33. The summed E-state index contributed by atoms with van der Waals surface area (Å²) in [6.07, 6.45) is 6.61. The molecule has 1 aliphatic carbocycles. The Morgan fingerprint density at radius 1 is 1.19 bits per heavy atom. The van der Waals surface area contributed by atoms with Gasteiger partial charge >= 0.3 is 0 Å². The van der Waals surface area contributed by atoms with Crippen molar-refractivity contribution in [2.45, 2.75) is 44.2 Å². The second kappa shape index (κ2) is 4.17. The zero-order valence-electron chi connectivity index (χ0n) is 9.21. The van der Waals surface area contributed by atoms with Crippen LogP contribution < -0.4 is 10.1 Å². The Hall–Kier alpha value is -0.890. The van der Waals surface area contributed by atoms with E-state index < -0.39 is 0 Å². The monoisotopic (exact) mass is 237 g/mol. The third-order valence-corrected chi connectivity index (χ3v) is 3.75. The zero-order valence-corrected chi connectivity index (χ0v) is 9.96. The van der Waals surface area contributed by atoms with Gasteiger partial charge in [0.1, 0.15) is 11.9 Å². The van der Waals surface area contributed by atoms with E-state index in [9.17, 15) is 0 Å². The van der Waals surface area contributed by atoms with Gasteiger partial charge in [-0.05, 0) is 31.4 Å². The number of benzene rings is 1. The van der Waals surface area contributed by atoms with Crippen molar-refractivity contribution in [2.24, 2.45) is 0 Å². The van der Waals surface area contributed by atoms with Crippen molar-refractivity contribution in [2.75, 3.05) is 5.32 Å². The number of ether oxygens (including phenoxy) is 1. The van der Waals surface area contributed by atoms with E-state index in [2.05, 4.69) is 5.32 Å². The van der Waals surface area contributed by atoms with Gasteiger partial charge in [0.05, 0.1) is 11.7 Å². The van der Waals surface area contributed by atoms with Crippen molar-refractivity contribution in [1.29, 1.82) is 0 Å². The van der Waals surface area contributed by atoms with Gasteiger partial charge in [0.25, 0.3) is 0 Å². The van der Waals surface area contributed by atoms with E-state index in [1.54, 1.807) is 0 Å². The molecule has 0 aromatic heterocycles. The van der Waals surface area contributed by atoms with E-state index in [0.717, 1.165) is 22.9 Å². The summed E-state index contributed by atoms with van der Waals surface area (Å²) < 4.78 is 6.05. The van der Waals surface area contributed by atoms with Crippen molar-refractivity contribution in [3.63, 3.8) is 0 Å². The van der Waals surface area contributed by atoms with Crippen LogP contribution in [0.25, 0.3) is 0 Å². The first-order valence-corrected chi connectivity index (χ1v) is 6.43. The zero-order chi connectivity index (χ0) is 11.0. The molecular formula is C13H16ClNO. The average Bonchev–Trinajstić information content (AvgIpc) is 2.50. The van der Waals surface area contributed by atoms with Crippen LogP contribution in [-0.2, 0) is 0 Å². The molecule has 2 aliphatic rings. The van der Waals surface area contributed by atoms with E-state index in [0.29, 0.717) is 12.1 Å². The third kappa shape index (κ3) is 1.86. The van der Waals surface area contributed by atoms with Crippen molar-refractivity contribution < 1.29 is 4.74 Å². The lowest BCUT2D eigenvalue weighted by atomic mass is 10.0. The smallest absolute Gasteiger partial charge is 0.144 e. The SMILES string of the molecule is Clc1ccc2c(c1)OC1CCCCCC1N2. The van der Waals surface area contributed by atoms with Gasteiger partial charge in [-0.15, -0.1) is 0 Å². The van der Waals surface area contributed by atoms with Crippen molar-refractivity contribution in [1.82, 2.24) is 0 Å². The number of nitrogens with one attached hydrogen (secondary N) is 1. The second-order valence-corrected chi connectivity index (χ2v) is 5.12. The standard InChI is InChI=1S/C13H16ClNO/c14-9-6-7-11-13(8-9)16-12-5-3-1-2-4-10(12)15-11/h6-8,10,12,15H,1-5H2. The molecule has 1 saturated carbocycles. The molecule has 0 bridgehead atoms. The summed E-state index contributed by atoms with van der Waals surface area (Å²) in [6, 6.07) is 6.31. The van der Waals surface area contributed by atoms with Gasteiger partial charge in [0.2, 0.25) is 0 Å². The Morgan fingerprint density at radius 3 is 3.00 bits per heavy atom. The predicted octanol–water partition coefficient (Wildman–Crippen LogP) is 3.85. The number of halogens is 1. The van der Waals surface area contributed by atoms with E-state index >= 15 is 0 Å². The number of rotatable bonds is 0. The van der Waals surface area contributed by atoms with Gasteiger partial charge in [-0.1, -0.05) is 24.4 Å². The molecule has 0 radical (unpaired) electrons. The highest BCUT2D eigenvalue weighted by atomic mass is 35.5. The molecular weight excluding hydrogens is 222 g/mol. The summed E-state index contributed by atoms with van der Waals surface area (Å²) >= 11 is 5.98. The molecule has 3 heteroatoms. The molecule has 2 atom stereocenters. The molecule has 16 heavy (non-hydrogen) atoms. The summed E-state index contributed by atoms with van der Waals surface area (Å²) in [7, 11) is 0. The van der Waals surface area contributed by atoms with E-state index in [4.69, 9.17) is 16.3 Å². The second-order valence-electron chi connectivity index (χ2n) is 4.69. The number of fused-ring (bicyclic) bond motifs is 2. The van der Waals surface area contributed by atoms with Gasteiger partial charge in [0.15, 0.2) is 0 Å². The average molecular weight is 238 g/mol. The van der Waals surface area contributed by atoms with Gasteiger partial charge in [-0.25, -0.2) is 0 Å². The molecule has 1 heterocycles. The number of hydrogen-bond donors (Lipinski definition) is 1. The van der Waals surface area contributed by atoms with E-state index in [1.165, 1.54) is 25.7 Å². The highest BCUT2D eigenvalue weighted by molar-refractivity contribution is 6.30. The van der Waals surface area contributed by atoms with Gasteiger partial charge in [-0.3, -0.25) is 0 Å². The molecule has 2 nitrogen and oxygen atoms in total. The van der Waals surface area contributed by atoms with Crippen LogP contribution >= 0.6 is 11.6 Å². The Labute approximate surface area is 101 Å². The number of anilines is 1. The molecule has 0 saturated heterocycles. The van der Waals surface area contributed by atoms with Crippen LogP contribution in [0, 0.1) is 0 Å². The lowest BCUT2D eigenvalue weighted by Gasteiger charge is -2.34. The fraction of sp³-hybridized carbons (Fsp3) is 0.538. The molecule has 3 rings (SSSR count). The third-order valence-electron chi connectivity index (χ3n) is 3.52. The maximum atomic E-state index is 6.05. The molecule has 0 amide bonds. The minimum Gasteiger partial charge on any atom is -0.486 e. The van der Waals surface area contributed by atoms with Crippen LogP contribution in [0.15, 0.2) is 18.2 Å². The van der Waals surface area contributed by atoms with E-state index in [1.807, 2.05) is 18.2 Å². The molecule has 1 aromatic rings. The Kier molecular flexibility index (Phi) is 2.68. The van der Waals surface area contributed by atoms with Gasteiger partial charge in [0, 0.05) is 11.1 Å². The van der Waals surface area contributed by atoms with Crippen LogP contribution in [0.2, 0.25) is 5.02 Å². The molecule has 1 N–H and O–H groups in total. The Bertz CT molecular complexity index is 394. The maximum absolute atomic E-state index is 6.05. The largest absolute Gasteiger partial charge is 0.486 e. The summed E-state index contributed by atoms with van der Waals surface area (Å²) in [5.41, 5.74) is 1.09. The molecule has 1 aromatic carbocycles. The predicted molar refractivity (Wildman–Crippen MR) is 66.4 cm³/mol. The molecule has 1 aliphatic heterocycles. The molecule has 2 unspecified atom stereocenters. The minimum absolute atomic E-state index is 0.327. The lowest BCUT2D eigenvalue weighted by molar-refractivity contribution is 0.160. The van der Waals surface area contributed by atoms with E-state index in [-0.39, 0.29) is 0 Å². The molecule has 86 valence electrons. The first kappa shape index (κ1) is 10.3. The fourth-order valence-electron chi connectivity index (χ4n) is 2.66. The quantitative estimate of drug-likeness (QED) is 0.740. The summed E-state index contributed by atoms with van der Waals surface area (Å²) in [4.78, 5) is 0. The van der Waals surface area contributed by atoms with Crippen LogP contribution in [0.4, 0.5) is 5.69 Å². The Balaban J connectivity index is 1.89. The molecule has 0 spiro atoms. The summed E-state index contributed by atoms with van der Waals surface area (Å²) in [6.45, 7) is 0. The van der Waals surface area contributed by atoms with Crippen LogP contribution in [0.3, 0.4) is 0 Å². The van der Waals surface area contributed by atoms with Crippen LogP contribution in [-0.4, -0.2) is 12.1 Å². The maximum Gasteiger partial charge on any atom is 0.144 e. The summed E-state index contributed by atoms with van der Waals surface area (Å²) in [5.74, 6) is 0.913. The van der Waals surface area contributed by atoms with Gasteiger partial charge in [-0.2, -0.15) is 0 Å². The normalized spacial score (nSPS) is 28.1.